The van der Waals surface area contributed by atoms with Crippen molar-refractivity contribution in [3.8, 4) is 10.6 Å². The van der Waals surface area contributed by atoms with Gasteiger partial charge in [-0.25, -0.2) is 4.98 Å². The van der Waals surface area contributed by atoms with Crippen LogP contribution in [0.25, 0.3) is 10.6 Å². The number of hydrogen-bond acceptors (Lipinski definition) is 5. The molecule has 1 N–H and O–H groups in total. The maximum Gasteiger partial charge on any atom is 0.125 e. The predicted octanol–water partition coefficient (Wildman–Crippen LogP) is 1.78. The van der Waals surface area contributed by atoms with E-state index in [1.165, 1.54) is 0 Å². The van der Waals surface area contributed by atoms with Gasteiger partial charge in [0.1, 0.15) is 5.01 Å². The summed E-state index contributed by atoms with van der Waals surface area (Å²) in [6.45, 7) is 3.16. The van der Waals surface area contributed by atoms with Crippen LogP contribution in [0.1, 0.15) is 11.7 Å². The molecule has 0 aromatic carbocycles. The molecule has 3 rings (SSSR count). The van der Waals surface area contributed by atoms with Crippen LogP contribution in [0, 0.1) is 0 Å². The van der Waals surface area contributed by atoms with Crippen molar-refractivity contribution in [2.45, 2.75) is 6.04 Å². The second-order valence-corrected chi connectivity index (χ2v) is 5.45. The van der Waals surface area contributed by atoms with Crippen LogP contribution in [0.2, 0.25) is 0 Å². The SMILES string of the molecule is CN1CCNC(c2csc(-c3cccnc3)n2)C1. The van der Waals surface area contributed by atoms with Gasteiger partial charge in [-0.1, -0.05) is 0 Å². The Hall–Kier alpha value is -1.30. The smallest absolute Gasteiger partial charge is 0.125 e. The molecule has 0 bridgehead atoms. The molecule has 2 aromatic heterocycles. The molecule has 1 unspecified atom stereocenters. The van der Waals surface area contributed by atoms with Gasteiger partial charge in [-0.3, -0.25) is 4.98 Å². The quantitative estimate of drug-likeness (QED) is 0.893. The van der Waals surface area contributed by atoms with Gasteiger partial charge in [-0.05, 0) is 19.2 Å². The molecule has 2 aromatic rings. The number of pyridine rings is 1. The van der Waals surface area contributed by atoms with Crippen LogP contribution in [0.3, 0.4) is 0 Å². The molecule has 5 heteroatoms. The highest BCUT2D eigenvalue weighted by Crippen LogP contribution is 2.26. The fourth-order valence-corrected chi connectivity index (χ4v) is 3.03. The second-order valence-electron chi connectivity index (χ2n) is 4.59. The van der Waals surface area contributed by atoms with E-state index in [1.54, 1.807) is 17.5 Å². The van der Waals surface area contributed by atoms with Gasteiger partial charge in [-0.2, -0.15) is 0 Å². The Morgan fingerprint density at radius 3 is 3.22 bits per heavy atom. The van der Waals surface area contributed by atoms with Crippen LogP contribution in [-0.2, 0) is 0 Å². The molecule has 4 nitrogen and oxygen atoms in total. The predicted molar refractivity (Wildman–Crippen MR) is 73.6 cm³/mol. The molecule has 1 atom stereocenters. The molecule has 1 aliphatic rings. The molecular weight excluding hydrogens is 244 g/mol. The Morgan fingerprint density at radius 2 is 2.44 bits per heavy atom. The van der Waals surface area contributed by atoms with Crippen molar-refractivity contribution in [1.29, 1.82) is 0 Å². The maximum absolute atomic E-state index is 4.73. The highest BCUT2D eigenvalue weighted by molar-refractivity contribution is 7.13. The van der Waals surface area contributed by atoms with Gasteiger partial charge in [0.15, 0.2) is 0 Å². The zero-order valence-electron chi connectivity index (χ0n) is 10.3. The number of nitrogens with zero attached hydrogens (tertiary/aromatic N) is 3. The zero-order chi connectivity index (χ0) is 12.4. The highest BCUT2D eigenvalue weighted by Gasteiger charge is 2.20. The minimum absolute atomic E-state index is 0.352. The summed E-state index contributed by atoms with van der Waals surface area (Å²) in [5, 5.41) is 6.72. The van der Waals surface area contributed by atoms with E-state index in [0.717, 1.165) is 35.9 Å². The fourth-order valence-electron chi connectivity index (χ4n) is 2.16. The number of nitrogens with one attached hydrogen (secondary N) is 1. The molecule has 1 fully saturated rings. The van der Waals surface area contributed by atoms with E-state index in [4.69, 9.17) is 4.98 Å². The Labute approximate surface area is 111 Å². The van der Waals surface area contributed by atoms with Crippen molar-refractivity contribution in [1.82, 2.24) is 20.2 Å². The lowest BCUT2D eigenvalue weighted by molar-refractivity contribution is 0.238. The number of aromatic nitrogens is 2. The van der Waals surface area contributed by atoms with Crippen molar-refractivity contribution < 1.29 is 0 Å². The minimum Gasteiger partial charge on any atom is -0.306 e. The Bertz CT molecular complexity index is 511. The third-order valence-electron chi connectivity index (χ3n) is 3.17. The first kappa shape index (κ1) is 11.8. The molecule has 18 heavy (non-hydrogen) atoms. The standard InChI is InChI=1S/C13H16N4S/c1-17-6-5-15-11(8-17)12-9-18-13(16-12)10-3-2-4-14-7-10/h2-4,7,9,11,15H,5-6,8H2,1H3. The molecule has 1 saturated heterocycles. The van der Waals surface area contributed by atoms with Crippen LogP contribution >= 0.6 is 11.3 Å². The average Bonchev–Trinajstić information content (AvgIpc) is 2.89. The van der Waals surface area contributed by atoms with Crippen molar-refractivity contribution in [3.63, 3.8) is 0 Å². The summed E-state index contributed by atoms with van der Waals surface area (Å²) < 4.78 is 0. The van der Waals surface area contributed by atoms with Crippen molar-refractivity contribution in [2.24, 2.45) is 0 Å². The van der Waals surface area contributed by atoms with E-state index >= 15 is 0 Å². The molecule has 3 heterocycles. The highest BCUT2D eigenvalue weighted by atomic mass is 32.1. The normalized spacial score (nSPS) is 21.1. The first-order valence-corrected chi connectivity index (χ1v) is 6.98. The lowest BCUT2D eigenvalue weighted by Gasteiger charge is -2.29. The van der Waals surface area contributed by atoms with Gasteiger partial charge in [0, 0.05) is 43.0 Å². The molecular formula is C13H16N4S. The summed E-state index contributed by atoms with van der Waals surface area (Å²) in [7, 11) is 2.15. The van der Waals surface area contributed by atoms with Crippen molar-refractivity contribution in [2.75, 3.05) is 26.7 Å². The van der Waals surface area contributed by atoms with Crippen molar-refractivity contribution in [3.05, 3.63) is 35.6 Å². The topological polar surface area (TPSA) is 41.0 Å². The zero-order valence-corrected chi connectivity index (χ0v) is 11.2. The largest absolute Gasteiger partial charge is 0.306 e. The molecule has 0 aliphatic carbocycles. The Kier molecular flexibility index (Phi) is 3.36. The van der Waals surface area contributed by atoms with Crippen LogP contribution in [0.4, 0.5) is 0 Å². The lowest BCUT2D eigenvalue weighted by atomic mass is 10.1. The second kappa shape index (κ2) is 5.14. The molecule has 0 amide bonds. The average molecular weight is 260 g/mol. The number of rotatable bonds is 2. The van der Waals surface area contributed by atoms with E-state index < -0.39 is 0 Å². The summed E-state index contributed by atoms with van der Waals surface area (Å²) in [6.07, 6.45) is 3.65. The molecule has 0 spiro atoms. The van der Waals surface area contributed by atoms with Gasteiger partial charge in [0.25, 0.3) is 0 Å². The third kappa shape index (κ3) is 2.43. The fraction of sp³-hybridized carbons (Fsp3) is 0.385. The number of thiazole rings is 1. The first-order valence-electron chi connectivity index (χ1n) is 6.10. The monoisotopic (exact) mass is 260 g/mol. The third-order valence-corrected chi connectivity index (χ3v) is 4.08. The number of likely N-dealkylation sites (N-methyl/N-ethyl adjacent to an activating group) is 1. The summed E-state index contributed by atoms with van der Waals surface area (Å²) in [5.74, 6) is 0. The molecule has 94 valence electrons. The van der Waals surface area contributed by atoms with Gasteiger partial charge >= 0.3 is 0 Å². The van der Waals surface area contributed by atoms with E-state index in [9.17, 15) is 0 Å². The molecule has 0 saturated carbocycles. The maximum atomic E-state index is 4.73. The lowest BCUT2D eigenvalue weighted by Crippen LogP contribution is -2.43. The van der Waals surface area contributed by atoms with Crippen LogP contribution < -0.4 is 5.32 Å². The van der Waals surface area contributed by atoms with E-state index in [2.05, 4.69) is 33.7 Å². The summed E-state index contributed by atoms with van der Waals surface area (Å²) in [6, 6.07) is 4.35. The summed E-state index contributed by atoms with van der Waals surface area (Å²) in [4.78, 5) is 11.2. The van der Waals surface area contributed by atoms with E-state index in [1.807, 2.05) is 12.3 Å². The van der Waals surface area contributed by atoms with Gasteiger partial charge in [-0.15, -0.1) is 11.3 Å². The summed E-state index contributed by atoms with van der Waals surface area (Å²) >= 11 is 1.69. The van der Waals surface area contributed by atoms with Crippen LogP contribution in [-0.4, -0.2) is 41.5 Å². The minimum atomic E-state index is 0.352. The first-order chi connectivity index (χ1) is 8.83. The Balaban J connectivity index is 1.81. The van der Waals surface area contributed by atoms with Gasteiger partial charge in [0.05, 0.1) is 11.7 Å². The van der Waals surface area contributed by atoms with Crippen molar-refractivity contribution >= 4 is 11.3 Å². The van der Waals surface area contributed by atoms with Gasteiger partial charge in [0.2, 0.25) is 0 Å². The number of hydrogen-bond donors (Lipinski definition) is 1. The van der Waals surface area contributed by atoms with E-state index in [0.29, 0.717) is 6.04 Å². The summed E-state index contributed by atoms with van der Waals surface area (Å²) in [5.41, 5.74) is 2.24. The van der Waals surface area contributed by atoms with Crippen LogP contribution in [0.15, 0.2) is 29.9 Å². The number of piperazine rings is 1. The molecule has 0 radical (unpaired) electrons. The van der Waals surface area contributed by atoms with E-state index in [-0.39, 0.29) is 0 Å². The van der Waals surface area contributed by atoms with Gasteiger partial charge < -0.3 is 10.2 Å². The Morgan fingerprint density at radius 1 is 1.50 bits per heavy atom. The molecule has 1 aliphatic heterocycles. The van der Waals surface area contributed by atoms with Crippen LogP contribution in [0.5, 0.6) is 0 Å².